The summed E-state index contributed by atoms with van der Waals surface area (Å²) in [5, 5.41) is 25.8. The second-order valence-electron chi connectivity index (χ2n) is 14.1. The number of nitriles is 2. The monoisotopic (exact) mass is 729 g/mol. The highest BCUT2D eigenvalue weighted by molar-refractivity contribution is 7.25. The van der Waals surface area contributed by atoms with Crippen LogP contribution in [-0.2, 0) is 0 Å². The van der Waals surface area contributed by atoms with E-state index in [0.717, 1.165) is 60.9 Å². The van der Waals surface area contributed by atoms with Crippen LogP contribution in [0.25, 0.3) is 75.1 Å². The standard InChI is InChI=1S/C52H31N3S/c53-32-34-5-7-39-9-11-41(29-44(39)27-34)36-13-20-46(21-14-36)55(47-22-15-37(16-23-47)42-12-10-40-8-6-35(33-54)28-45(40)30-42)48-24-17-38(18-25-48)43-19-26-52-50(31-43)49-3-1-2-4-51(49)56-52/h1-31H. The lowest BCUT2D eigenvalue weighted by atomic mass is 9.99. The molecule has 0 radical (unpaired) electrons. The maximum Gasteiger partial charge on any atom is 0.0991 e. The second kappa shape index (κ2) is 13.7. The van der Waals surface area contributed by atoms with Gasteiger partial charge >= 0.3 is 0 Å². The third-order valence-electron chi connectivity index (χ3n) is 10.7. The molecule has 0 bridgehead atoms. The third-order valence-corrected chi connectivity index (χ3v) is 11.8. The van der Waals surface area contributed by atoms with Gasteiger partial charge in [0.25, 0.3) is 0 Å². The fourth-order valence-electron chi connectivity index (χ4n) is 7.75. The quantitative estimate of drug-likeness (QED) is 0.171. The summed E-state index contributed by atoms with van der Waals surface area (Å²) >= 11 is 1.84. The zero-order valence-electron chi connectivity index (χ0n) is 30.1. The van der Waals surface area contributed by atoms with Gasteiger partial charge in [0.2, 0.25) is 0 Å². The van der Waals surface area contributed by atoms with Crippen molar-refractivity contribution in [2.24, 2.45) is 0 Å². The largest absolute Gasteiger partial charge is 0.311 e. The SMILES string of the molecule is N#Cc1ccc2ccc(-c3ccc(N(c4ccc(-c5ccc6ccc(C#N)cc6c5)cc4)c4ccc(-c5ccc6sc7ccccc7c6c5)cc4)cc3)cc2c1. The number of hydrogen-bond donors (Lipinski definition) is 0. The fraction of sp³-hybridized carbons (Fsp3) is 0. The molecule has 0 amide bonds. The second-order valence-corrected chi connectivity index (χ2v) is 15.1. The molecule has 260 valence electrons. The molecule has 0 N–H and O–H groups in total. The predicted octanol–water partition coefficient (Wildman–Crippen LogP) is 14.6. The normalized spacial score (nSPS) is 11.2. The molecular weight excluding hydrogens is 699 g/mol. The molecule has 0 aliphatic heterocycles. The molecule has 0 fully saturated rings. The number of hydrogen-bond acceptors (Lipinski definition) is 4. The summed E-state index contributed by atoms with van der Waals surface area (Å²) in [5.41, 5.74) is 11.3. The summed E-state index contributed by atoms with van der Waals surface area (Å²) in [6.07, 6.45) is 0. The van der Waals surface area contributed by atoms with E-state index in [9.17, 15) is 10.5 Å². The van der Waals surface area contributed by atoms with Gasteiger partial charge in [-0.2, -0.15) is 10.5 Å². The van der Waals surface area contributed by atoms with Gasteiger partial charge in [0.05, 0.1) is 23.3 Å². The molecule has 9 aromatic carbocycles. The molecule has 0 atom stereocenters. The van der Waals surface area contributed by atoms with E-state index in [1.807, 2.05) is 47.7 Å². The Kier molecular flexibility index (Phi) is 8.11. The molecule has 4 heteroatoms. The van der Waals surface area contributed by atoms with Gasteiger partial charge in [-0.1, -0.05) is 97.1 Å². The molecule has 0 saturated carbocycles. The smallest absolute Gasteiger partial charge is 0.0991 e. The Labute approximate surface area is 328 Å². The minimum Gasteiger partial charge on any atom is -0.311 e. The van der Waals surface area contributed by atoms with Gasteiger partial charge in [-0.15, -0.1) is 11.3 Å². The van der Waals surface area contributed by atoms with Crippen LogP contribution in [-0.4, -0.2) is 0 Å². The Morgan fingerprint density at radius 2 is 0.750 bits per heavy atom. The first-order valence-corrected chi connectivity index (χ1v) is 19.3. The highest BCUT2D eigenvalue weighted by atomic mass is 32.1. The van der Waals surface area contributed by atoms with Gasteiger partial charge in [-0.05, 0) is 146 Å². The van der Waals surface area contributed by atoms with E-state index >= 15 is 0 Å². The minimum absolute atomic E-state index is 0.659. The Morgan fingerprint density at radius 1 is 0.339 bits per heavy atom. The first kappa shape index (κ1) is 33.1. The fourth-order valence-corrected chi connectivity index (χ4v) is 8.84. The molecule has 0 unspecified atom stereocenters. The number of rotatable bonds is 6. The number of fused-ring (bicyclic) bond motifs is 5. The number of benzene rings is 9. The van der Waals surface area contributed by atoms with Crippen LogP contribution >= 0.6 is 11.3 Å². The molecule has 0 aliphatic rings. The van der Waals surface area contributed by atoms with Crippen molar-refractivity contribution in [1.82, 2.24) is 0 Å². The van der Waals surface area contributed by atoms with Crippen LogP contribution in [0.3, 0.4) is 0 Å². The Morgan fingerprint density at radius 3 is 1.25 bits per heavy atom. The van der Waals surface area contributed by atoms with E-state index < -0.39 is 0 Å². The lowest BCUT2D eigenvalue weighted by Gasteiger charge is -2.26. The van der Waals surface area contributed by atoms with Crippen LogP contribution in [0.2, 0.25) is 0 Å². The molecule has 0 saturated heterocycles. The summed E-state index contributed by atoms with van der Waals surface area (Å²) in [6, 6.07) is 70.7. The minimum atomic E-state index is 0.659. The van der Waals surface area contributed by atoms with Gasteiger partial charge in [-0.25, -0.2) is 0 Å². The summed E-state index contributed by atoms with van der Waals surface area (Å²) in [6.45, 7) is 0. The summed E-state index contributed by atoms with van der Waals surface area (Å²) in [5.74, 6) is 0. The zero-order valence-corrected chi connectivity index (χ0v) is 31.0. The van der Waals surface area contributed by atoms with E-state index in [-0.39, 0.29) is 0 Å². The zero-order chi connectivity index (χ0) is 37.6. The van der Waals surface area contributed by atoms with Crippen molar-refractivity contribution >= 4 is 70.1 Å². The van der Waals surface area contributed by atoms with E-state index in [2.05, 4.69) is 169 Å². The van der Waals surface area contributed by atoms with Gasteiger partial charge in [-0.3, -0.25) is 0 Å². The Balaban J connectivity index is 1.02. The Hall–Kier alpha value is -7.50. The van der Waals surface area contributed by atoms with Gasteiger partial charge in [0.15, 0.2) is 0 Å². The van der Waals surface area contributed by atoms with Crippen molar-refractivity contribution in [2.75, 3.05) is 4.90 Å². The first-order valence-electron chi connectivity index (χ1n) is 18.5. The van der Waals surface area contributed by atoms with Crippen LogP contribution in [0.5, 0.6) is 0 Å². The average Bonchev–Trinajstić information content (AvgIpc) is 3.64. The van der Waals surface area contributed by atoms with Crippen LogP contribution in [0.4, 0.5) is 17.1 Å². The average molecular weight is 730 g/mol. The van der Waals surface area contributed by atoms with Crippen molar-refractivity contribution in [3.63, 3.8) is 0 Å². The van der Waals surface area contributed by atoms with Crippen molar-refractivity contribution in [2.45, 2.75) is 0 Å². The molecule has 0 aliphatic carbocycles. The van der Waals surface area contributed by atoms with E-state index in [0.29, 0.717) is 11.1 Å². The lowest BCUT2D eigenvalue weighted by Crippen LogP contribution is -2.09. The van der Waals surface area contributed by atoms with Crippen molar-refractivity contribution in [3.05, 3.63) is 199 Å². The van der Waals surface area contributed by atoms with E-state index in [1.165, 1.54) is 31.3 Å². The van der Waals surface area contributed by atoms with Gasteiger partial charge in [0.1, 0.15) is 0 Å². The molecule has 0 spiro atoms. The number of nitrogens with zero attached hydrogens (tertiary/aromatic N) is 3. The predicted molar refractivity (Wildman–Crippen MR) is 235 cm³/mol. The highest BCUT2D eigenvalue weighted by Gasteiger charge is 2.15. The topological polar surface area (TPSA) is 50.8 Å². The van der Waals surface area contributed by atoms with Crippen LogP contribution in [0.15, 0.2) is 188 Å². The maximum absolute atomic E-state index is 9.46. The molecule has 10 aromatic rings. The molecule has 1 heterocycles. The van der Waals surface area contributed by atoms with Crippen LogP contribution in [0, 0.1) is 22.7 Å². The molecule has 3 nitrogen and oxygen atoms in total. The highest BCUT2D eigenvalue weighted by Crippen LogP contribution is 2.40. The van der Waals surface area contributed by atoms with E-state index in [4.69, 9.17) is 0 Å². The van der Waals surface area contributed by atoms with Crippen molar-refractivity contribution in [3.8, 4) is 45.5 Å². The molecular formula is C52H31N3S. The molecule has 56 heavy (non-hydrogen) atoms. The van der Waals surface area contributed by atoms with Gasteiger partial charge in [0, 0.05) is 37.2 Å². The summed E-state index contributed by atoms with van der Waals surface area (Å²) in [7, 11) is 0. The third kappa shape index (κ3) is 6.02. The lowest BCUT2D eigenvalue weighted by molar-refractivity contribution is 1.28. The van der Waals surface area contributed by atoms with Gasteiger partial charge < -0.3 is 4.90 Å². The number of anilines is 3. The van der Waals surface area contributed by atoms with E-state index in [1.54, 1.807) is 0 Å². The number of thiophene rings is 1. The first-order chi connectivity index (χ1) is 27.6. The van der Waals surface area contributed by atoms with Crippen molar-refractivity contribution in [1.29, 1.82) is 10.5 Å². The maximum atomic E-state index is 9.46. The van der Waals surface area contributed by atoms with Crippen molar-refractivity contribution < 1.29 is 0 Å². The van der Waals surface area contributed by atoms with Crippen LogP contribution < -0.4 is 4.90 Å². The van der Waals surface area contributed by atoms with Crippen LogP contribution in [0.1, 0.15) is 11.1 Å². The Bertz CT molecular complexity index is 3060. The summed E-state index contributed by atoms with van der Waals surface area (Å²) < 4.78 is 2.61. The molecule has 10 rings (SSSR count). The molecule has 1 aromatic heterocycles. The summed E-state index contributed by atoms with van der Waals surface area (Å²) in [4.78, 5) is 2.30.